The van der Waals surface area contributed by atoms with Gasteiger partial charge in [-0.05, 0) is 69.4 Å². The lowest BCUT2D eigenvalue weighted by atomic mass is 9.42. The molecule has 1 saturated heterocycles. The molecule has 10 atom stereocenters. The van der Waals surface area contributed by atoms with Crippen LogP contribution in [-0.2, 0) is 19.1 Å². The molecule has 7 heteroatoms. The summed E-state index contributed by atoms with van der Waals surface area (Å²) >= 11 is 0. The van der Waals surface area contributed by atoms with Gasteiger partial charge in [0, 0.05) is 18.4 Å². The van der Waals surface area contributed by atoms with E-state index in [-0.39, 0.29) is 36.4 Å². The summed E-state index contributed by atoms with van der Waals surface area (Å²) in [6.45, 7) is 9.19. The van der Waals surface area contributed by atoms with Gasteiger partial charge in [-0.25, -0.2) is 4.79 Å². The highest BCUT2D eigenvalue weighted by molar-refractivity contribution is 5.99. The standard InChI is InChI=1S/C28H36O7/c1-14-12-27(34-23(31)15(14)2)16(3)26(32)10-9-18-17-11-21(29)19-7-6-8-22(30)24(19,4)20(17)13-28(33,35-27)25(18,26)5/h6-8,16-18,20-21,29,32-33H,9-13H2,1-5H3/t16-,17-,18-,20-,21+,24-,25-,26+,27+,28-/m0/s1. The molecular formula is C28H36O7. The third kappa shape index (κ3) is 2.46. The van der Waals surface area contributed by atoms with Crippen LogP contribution in [0.5, 0.6) is 0 Å². The smallest absolute Gasteiger partial charge is 0.336 e. The van der Waals surface area contributed by atoms with Crippen LogP contribution in [0.25, 0.3) is 0 Å². The number of aliphatic hydroxyl groups excluding tert-OH is 1. The Morgan fingerprint density at radius 2 is 1.83 bits per heavy atom. The van der Waals surface area contributed by atoms with Gasteiger partial charge in [-0.2, -0.15) is 0 Å². The Hall–Kier alpha value is -1.80. The minimum Gasteiger partial charge on any atom is -0.429 e. The number of esters is 1. The zero-order valence-corrected chi connectivity index (χ0v) is 21.1. The van der Waals surface area contributed by atoms with Crippen LogP contribution in [0.3, 0.4) is 0 Å². The van der Waals surface area contributed by atoms with E-state index in [0.29, 0.717) is 30.4 Å². The van der Waals surface area contributed by atoms with Crippen molar-refractivity contribution in [2.75, 3.05) is 0 Å². The summed E-state index contributed by atoms with van der Waals surface area (Å²) in [6.07, 6.45) is 6.24. The van der Waals surface area contributed by atoms with Gasteiger partial charge in [0.05, 0.1) is 28.5 Å². The maximum atomic E-state index is 13.3. The van der Waals surface area contributed by atoms with Crippen LogP contribution in [0.1, 0.15) is 66.7 Å². The highest BCUT2D eigenvalue weighted by atomic mass is 16.8. The van der Waals surface area contributed by atoms with Crippen LogP contribution < -0.4 is 0 Å². The Kier molecular flexibility index (Phi) is 4.54. The maximum absolute atomic E-state index is 13.3. The summed E-state index contributed by atoms with van der Waals surface area (Å²) in [5.74, 6) is -4.98. The first-order chi connectivity index (χ1) is 16.3. The number of allylic oxidation sites excluding steroid dienone is 3. The molecule has 1 spiro atoms. The molecule has 7 nitrogen and oxygen atoms in total. The third-order valence-corrected chi connectivity index (χ3v) is 11.5. The molecule has 190 valence electrons. The van der Waals surface area contributed by atoms with Gasteiger partial charge in [0.1, 0.15) is 0 Å². The normalized spacial score (nSPS) is 54.7. The molecule has 3 N–H and O–H groups in total. The Balaban J connectivity index is 1.51. The molecule has 2 aliphatic heterocycles. The van der Waals surface area contributed by atoms with E-state index >= 15 is 0 Å². The lowest BCUT2D eigenvalue weighted by Gasteiger charge is -2.69. The summed E-state index contributed by atoms with van der Waals surface area (Å²) in [7, 11) is 0. The number of rotatable bonds is 0. The van der Waals surface area contributed by atoms with Gasteiger partial charge in [0.2, 0.25) is 5.79 Å². The SMILES string of the molecule is CC1=C(C)C(=O)O[C@]2(C1)O[C@@]1(O)C[C@H]3[C@@H](C[C@@H](O)C4=CC=CC(=O)[C@@]43C)[C@@H]3CC[C@@](O)([C@@H]2C)[C@]31C. The van der Waals surface area contributed by atoms with Crippen LogP contribution in [0.4, 0.5) is 0 Å². The van der Waals surface area contributed by atoms with Crippen molar-refractivity contribution in [1.29, 1.82) is 0 Å². The number of ketones is 1. The van der Waals surface area contributed by atoms with Crippen molar-refractivity contribution in [3.05, 3.63) is 34.9 Å². The molecule has 0 aromatic rings. The largest absolute Gasteiger partial charge is 0.429 e. The predicted molar refractivity (Wildman–Crippen MR) is 125 cm³/mol. The number of fused-ring (bicyclic) bond motifs is 4. The summed E-state index contributed by atoms with van der Waals surface area (Å²) in [5.41, 5.74) is -1.34. The molecule has 0 radical (unpaired) electrons. The molecule has 4 fully saturated rings. The van der Waals surface area contributed by atoms with Crippen molar-refractivity contribution < 1.29 is 34.4 Å². The van der Waals surface area contributed by atoms with Crippen molar-refractivity contribution >= 4 is 11.8 Å². The molecule has 6 aliphatic rings. The lowest BCUT2D eigenvalue weighted by molar-refractivity contribution is -0.470. The van der Waals surface area contributed by atoms with E-state index in [4.69, 9.17) is 9.47 Å². The molecular weight excluding hydrogens is 448 g/mol. The van der Waals surface area contributed by atoms with Crippen LogP contribution in [0.15, 0.2) is 34.9 Å². The van der Waals surface area contributed by atoms with Gasteiger partial charge in [0.15, 0.2) is 11.6 Å². The Morgan fingerprint density at radius 1 is 1.11 bits per heavy atom. The van der Waals surface area contributed by atoms with Crippen molar-refractivity contribution in [2.45, 2.75) is 90.0 Å². The summed E-state index contributed by atoms with van der Waals surface area (Å²) in [5, 5.41) is 36.0. The Bertz CT molecular complexity index is 1140. The van der Waals surface area contributed by atoms with E-state index in [1.165, 1.54) is 0 Å². The molecule has 3 saturated carbocycles. The van der Waals surface area contributed by atoms with E-state index in [0.717, 1.165) is 5.57 Å². The van der Waals surface area contributed by atoms with E-state index in [1.807, 2.05) is 33.8 Å². The van der Waals surface area contributed by atoms with Gasteiger partial charge < -0.3 is 24.8 Å². The molecule has 4 aliphatic carbocycles. The van der Waals surface area contributed by atoms with Crippen molar-refractivity contribution in [2.24, 2.45) is 34.5 Å². The first-order valence-corrected chi connectivity index (χ1v) is 12.9. The first kappa shape index (κ1) is 23.6. The number of carbonyl (C=O) groups excluding carboxylic acids is 2. The maximum Gasteiger partial charge on any atom is 0.336 e. The zero-order valence-electron chi connectivity index (χ0n) is 21.1. The second kappa shape index (κ2) is 6.74. The fourth-order valence-electron chi connectivity index (χ4n) is 9.18. The topological polar surface area (TPSA) is 113 Å². The quantitative estimate of drug-likeness (QED) is 0.453. The van der Waals surface area contributed by atoms with E-state index in [9.17, 15) is 24.9 Å². The second-order valence-electron chi connectivity index (χ2n) is 12.4. The third-order valence-electron chi connectivity index (χ3n) is 11.5. The molecule has 0 amide bonds. The van der Waals surface area contributed by atoms with E-state index in [2.05, 4.69) is 0 Å². The van der Waals surface area contributed by atoms with Gasteiger partial charge >= 0.3 is 5.97 Å². The predicted octanol–water partition coefficient (Wildman–Crippen LogP) is 2.94. The molecule has 35 heavy (non-hydrogen) atoms. The molecule has 6 rings (SSSR count). The Labute approximate surface area is 205 Å². The number of aliphatic hydroxyl groups is 3. The first-order valence-electron chi connectivity index (χ1n) is 12.9. The second-order valence-corrected chi connectivity index (χ2v) is 12.4. The van der Waals surface area contributed by atoms with Crippen molar-refractivity contribution in [3.8, 4) is 0 Å². The fraction of sp³-hybridized carbons (Fsp3) is 0.714. The summed E-state index contributed by atoms with van der Waals surface area (Å²) < 4.78 is 12.5. The van der Waals surface area contributed by atoms with Crippen LogP contribution in [0.2, 0.25) is 0 Å². The van der Waals surface area contributed by atoms with Gasteiger partial charge in [-0.1, -0.05) is 31.6 Å². The lowest BCUT2D eigenvalue weighted by Crippen LogP contribution is -2.78. The molecule has 2 heterocycles. The fourth-order valence-corrected chi connectivity index (χ4v) is 9.18. The van der Waals surface area contributed by atoms with Crippen LogP contribution >= 0.6 is 0 Å². The van der Waals surface area contributed by atoms with Crippen molar-refractivity contribution in [1.82, 2.24) is 0 Å². The average Bonchev–Trinajstić information content (AvgIpc) is 3.07. The van der Waals surface area contributed by atoms with E-state index in [1.54, 1.807) is 19.1 Å². The van der Waals surface area contributed by atoms with E-state index < -0.39 is 46.0 Å². The minimum atomic E-state index is -1.82. The van der Waals surface area contributed by atoms with Gasteiger partial charge in [-0.3, -0.25) is 4.79 Å². The highest BCUT2D eigenvalue weighted by Crippen LogP contribution is 2.74. The number of hydrogen-bond donors (Lipinski definition) is 3. The molecule has 0 unspecified atom stereocenters. The average molecular weight is 485 g/mol. The van der Waals surface area contributed by atoms with Gasteiger partial charge in [-0.15, -0.1) is 0 Å². The summed E-state index contributed by atoms with van der Waals surface area (Å²) in [4.78, 5) is 26.2. The molecule has 0 aromatic carbocycles. The molecule has 0 bridgehead atoms. The monoisotopic (exact) mass is 484 g/mol. The van der Waals surface area contributed by atoms with Crippen molar-refractivity contribution in [3.63, 3.8) is 0 Å². The number of carbonyl (C=O) groups is 2. The Morgan fingerprint density at radius 3 is 2.51 bits per heavy atom. The number of hydrogen-bond acceptors (Lipinski definition) is 7. The van der Waals surface area contributed by atoms with Gasteiger partial charge in [0.25, 0.3) is 0 Å². The van der Waals surface area contributed by atoms with Crippen LogP contribution in [0, 0.1) is 34.5 Å². The number of ether oxygens (including phenoxy) is 2. The highest BCUT2D eigenvalue weighted by Gasteiger charge is 2.81. The zero-order chi connectivity index (χ0) is 25.3. The minimum absolute atomic E-state index is 0.0652. The summed E-state index contributed by atoms with van der Waals surface area (Å²) in [6, 6.07) is 0. The molecule has 0 aromatic heterocycles. The van der Waals surface area contributed by atoms with Crippen LogP contribution in [-0.4, -0.2) is 50.4 Å².